The number of piperidine rings is 1. The van der Waals surface area contributed by atoms with Crippen LogP contribution in [-0.4, -0.2) is 51.5 Å². The van der Waals surface area contributed by atoms with Gasteiger partial charge in [-0.3, -0.25) is 4.79 Å². The number of amides is 1. The van der Waals surface area contributed by atoms with Crippen molar-refractivity contribution in [3.8, 4) is 11.9 Å². The molecule has 10 nitrogen and oxygen atoms in total. The second-order valence-electron chi connectivity index (χ2n) is 7.02. The molecule has 1 amide bonds. The highest BCUT2D eigenvalue weighted by atomic mass is 32.2. The maximum absolute atomic E-state index is 12.8. The van der Waals surface area contributed by atoms with Crippen LogP contribution in [0.25, 0.3) is 5.82 Å². The van der Waals surface area contributed by atoms with Gasteiger partial charge in [0.2, 0.25) is 15.9 Å². The molecule has 0 atom stereocenters. The summed E-state index contributed by atoms with van der Waals surface area (Å²) < 4.78 is 28.5. The summed E-state index contributed by atoms with van der Waals surface area (Å²) in [4.78, 5) is 21.1. The summed E-state index contributed by atoms with van der Waals surface area (Å²) in [6.07, 6.45) is 5.27. The standard InChI is InChI=1S/C20H19N7O3S/c21-12-15-3-5-17(6-4-15)31(29,30)26-10-7-16(8-11-26)20(28)25-18-2-1-9-23-19(18)27-14-22-13-24-27/h1-6,9,13-14,16H,7-8,10-11H2,(H,25,28). The Balaban J connectivity index is 1.41. The van der Waals surface area contributed by atoms with E-state index in [-0.39, 0.29) is 29.8 Å². The Morgan fingerprint density at radius 1 is 1.16 bits per heavy atom. The lowest BCUT2D eigenvalue weighted by Crippen LogP contribution is -2.41. The van der Waals surface area contributed by atoms with Gasteiger partial charge >= 0.3 is 0 Å². The van der Waals surface area contributed by atoms with E-state index in [1.165, 1.54) is 45.9 Å². The number of aromatic nitrogens is 4. The van der Waals surface area contributed by atoms with E-state index >= 15 is 0 Å². The minimum atomic E-state index is -3.67. The third-order valence-electron chi connectivity index (χ3n) is 5.13. The molecule has 0 aliphatic carbocycles. The second kappa shape index (κ2) is 8.63. The van der Waals surface area contributed by atoms with E-state index in [4.69, 9.17) is 5.26 Å². The first-order valence-electron chi connectivity index (χ1n) is 9.60. The van der Waals surface area contributed by atoms with Crippen molar-refractivity contribution in [3.05, 3.63) is 60.8 Å². The molecule has 1 aliphatic heterocycles. The van der Waals surface area contributed by atoms with E-state index in [9.17, 15) is 13.2 Å². The van der Waals surface area contributed by atoms with Gasteiger partial charge in [-0.05, 0) is 49.2 Å². The Hall–Kier alpha value is -3.62. The SMILES string of the molecule is N#Cc1ccc(S(=O)(=O)N2CCC(C(=O)Nc3cccnc3-n3cncn3)CC2)cc1. The number of benzene rings is 1. The number of nitrogens with one attached hydrogen (secondary N) is 1. The van der Waals surface area contributed by atoms with E-state index in [1.54, 1.807) is 18.3 Å². The first-order valence-corrected chi connectivity index (χ1v) is 11.0. The second-order valence-corrected chi connectivity index (χ2v) is 8.96. The molecule has 158 valence electrons. The number of nitrogens with zero attached hydrogens (tertiary/aromatic N) is 6. The highest BCUT2D eigenvalue weighted by Crippen LogP contribution is 2.26. The number of nitriles is 1. The van der Waals surface area contributed by atoms with E-state index in [0.717, 1.165) is 0 Å². The summed E-state index contributed by atoms with van der Waals surface area (Å²) in [5.74, 6) is -0.0600. The molecule has 0 saturated carbocycles. The topological polar surface area (TPSA) is 134 Å². The fourth-order valence-corrected chi connectivity index (χ4v) is 4.91. The smallest absolute Gasteiger partial charge is 0.243 e. The molecule has 31 heavy (non-hydrogen) atoms. The van der Waals surface area contributed by atoms with Gasteiger partial charge in [-0.25, -0.2) is 23.1 Å². The molecule has 3 aromatic rings. The third kappa shape index (κ3) is 4.30. The number of pyridine rings is 1. The Morgan fingerprint density at radius 2 is 1.90 bits per heavy atom. The van der Waals surface area contributed by atoms with Gasteiger partial charge in [-0.1, -0.05) is 0 Å². The van der Waals surface area contributed by atoms with Crippen molar-refractivity contribution in [2.45, 2.75) is 17.7 Å². The maximum Gasteiger partial charge on any atom is 0.243 e. The van der Waals surface area contributed by atoms with Gasteiger partial charge in [-0.15, -0.1) is 0 Å². The molecule has 2 aromatic heterocycles. The minimum absolute atomic E-state index is 0.141. The summed E-state index contributed by atoms with van der Waals surface area (Å²) >= 11 is 0. The molecule has 4 rings (SSSR count). The van der Waals surface area contributed by atoms with E-state index in [1.807, 2.05) is 6.07 Å². The number of carbonyl (C=O) groups excluding carboxylic acids is 1. The molecule has 1 fully saturated rings. The zero-order chi connectivity index (χ0) is 21.8. The zero-order valence-electron chi connectivity index (χ0n) is 16.4. The van der Waals surface area contributed by atoms with Crippen molar-refractivity contribution in [3.63, 3.8) is 0 Å². The molecular formula is C20H19N7O3S. The van der Waals surface area contributed by atoms with Crippen LogP contribution in [0.5, 0.6) is 0 Å². The van der Waals surface area contributed by atoms with Crippen LogP contribution in [0.2, 0.25) is 0 Å². The van der Waals surface area contributed by atoms with Crippen molar-refractivity contribution in [2.75, 3.05) is 18.4 Å². The van der Waals surface area contributed by atoms with E-state index in [2.05, 4.69) is 20.4 Å². The highest BCUT2D eigenvalue weighted by molar-refractivity contribution is 7.89. The van der Waals surface area contributed by atoms with Crippen molar-refractivity contribution in [2.24, 2.45) is 5.92 Å². The Kier molecular flexibility index (Phi) is 5.75. The Morgan fingerprint density at radius 3 is 2.55 bits per heavy atom. The number of rotatable bonds is 5. The first-order chi connectivity index (χ1) is 15.0. The fourth-order valence-electron chi connectivity index (χ4n) is 3.44. The molecule has 0 unspecified atom stereocenters. The van der Waals surface area contributed by atoms with Crippen molar-refractivity contribution in [1.82, 2.24) is 24.1 Å². The lowest BCUT2D eigenvalue weighted by atomic mass is 9.97. The Bertz CT molecular complexity index is 1210. The van der Waals surface area contributed by atoms with Gasteiger partial charge in [0.1, 0.15) is 12.7 Å². The van der Waals surface area contributed by atoms with Crippen molar-refractivity contribution < 1.29 is 13.2 Å². The van der Waals surface area contributed by atoms with E-state index in [0.29, 0.717) is 29.9 Å². The summed E-state index contributed by atoms with van der Waals surface area (Å²) in [5, 5.41) is 15.8. The van der Waals surface area contributed by atoms with Crippen molar-refractivity contribution in [1.29, 1.82) is 5.26 Å². The van der Waals surface area contributed by atoms with Crippen LogP contribution in [-0.2, 0) is 14.8 Å². The average molecular weight is 437 g/mol. The Labute approximate surface area is 179 Å². The van der Waals surface area contributed by atoms with Crippen LogP contribution in [0.1, 0.15) is 18.4 Å². The predicted octanol–water partition coefficient (Wildman–Crippen LogP) is 1.57. The summed E-state index contributed by atoms with van der Waals surface area (Å²) in [6.45, 7) is 0.479. The van der Waals surface area contributed by atoms with Crippen LogP contribution >= 0.6 is 0 Å². The summed E-state index contributed by atoms with van der Waals surface area (Å²) in [7, 11) is -3.67. The third-order valence-corrected chi connectivity index (χ3v) is 7.04. The van der Waals surface area contributed by atoms with Crippen LogP contribution < -0.4 is 5.32 Å². The highest BCUT2D eigenvalue weighted by Gasteiger charge is 2.32. The van der Waals surface area contributed by atoms with Gasteiger partial charge in [0.15, 0.2) is 5.82 Å². The molecular weight excluding hydrogens is 418 g/mol. The zero-order valence-corrected chi connectivity index (χ0v) is 17.2. The number of anilines is 1. The largest absolute Gasteiger partial charge is 0.323 e. The summed E-state index contributed by atoms with van der Waals surface area (Å²) in [5.41, 5.74) is 0.903. The van der Waals surface area contributed by atoms with Gasteiger partial charge in [0, 0.05) is 25.2 Å². The van der Waals surface area contributed by atoms with Crippen molar-refractivity contribution >= 4 is 21.6 Å². The van der Waals surface area contributed by atoms with Gasteiger partial charge in [0.05, 0.1) is 22.2 Å². The predicted molar refractivity (Wildman–Crippen MR) is 110 cm³/mol. The summed E-state index contributed by atoms with van der Waals surface area (Å²) in [6, 6.07) is 11.2. The average Bonchev–Trinajstić information content (AvgIpc) is 3.34. The number of hydrogen-bond acceptors (Lipinski definition) is 7. The molecule has 1 saturated heterocycles. The molecule has 1 N–H and O–H groups in total. The number of sulfonamides is 1. The van der Waals surface area contributed by atoms with Gasteiger partial charge in [-0.2, -0.15) is 14.7 Å². The quantitative estimate of drug-likeness (QED) is 0.640. The molecule has 3 heterocycles. The van der Waals surface area contributed by atoms with Crippen LogP contribution in [0, 0.1) is 17.2 Å². The lowest BCUT2D eigenvalue weighted by Gasteiger charge is -2.30. The molecule has 1 aliphatic rings. The first kappa shape index (κ1) is 20.6. The molecule has 1 aromatic carbocycles. The maximum atomic E-state index is 12.8. The molecule has 0 radical (unpaired) electrons. The number of hydrogen-bond donors (Lipinski definition) is 1. The lowest BCUT2D eigenvalue weighted by molar-refractivity contribution is -0.120. The normalized spacial score (nSPS) is 15.3. The molecule has 0 spiro atoms. The minimum Gasteiger partial charge on any atom is -0.323 e. The molecule has 0 bridgehead atoms. The monoisotopic (exact) mass is 437 g/mol. The van der Waals surface area contributed by atoms with E-state index < -0.39 is 10.0 Å². The van der Waals surface area contributed by atoms with Gasteiger partial charge < -0.3 is 5.32 Å². The van der Waals surface area contributed by atoms with Crippen LogP contribution in [0.15, 0.2) is 60.1 Å². The molecule has 11 heteroatoms. The van der Waals surface area contributed by atoms with Gasteiger partial charge in [0.25, 0.3) is 0 Å². The fraction of sp³-hybridized carbons (Fsp3) is 0.250. The number of carbonyl (C=O) groups is 1. The van der Waals surface area contributed by atoms with Crippen LogP contribution in [0.4, 0.5) is 5.69 Å². The van der Waals surface area contributed by atoms with Crippen LogP contribution in [0.3, 0.4) is 0 Å².